The molecule has 1 unspecified atom stereocenters. The molecule has 0 heterocycles. The van der Waals surface area contributed by atoms with Crippen LogP contribution in [0.15, 0.2) is 48.5 Å². The van der Waals surface area contributed by atoms with Gasteiger partial charge in [-0.2, -0.15) is 0 Å². The van der Waals surface area contributed by atoms with Crippen molar-refractivity contribution in [3.8, 4) is 5.75 Å². The molecular formula is C15H13Cl2NO2. The van der Waals surface area contributed by atoms with Gasteiger partial charge in [0.25, 0.3) is 0 Å². The molecule has 5 heteroatoms. The van der Waals surface area contributed by atoms with Crippen LogP contribution in [-0.4, -0.2) is 6.09 Å². The summed E-state index contributed by atoms with van der Waals surface area (Å²) >= 11 is 11.8. The molecule has 20 heavy (non-hydrogen) atoms. The predicted octanol–water partition coefficient (Wildman–Crippen LogP) is 4.84. The fraction of sp³-hybridized carbons (Fsp3) is 0.133. The van der Waals surface area contributed by atoms with Gasteiger partial charge in [0.2, 0.25) is 0 Å². The maximum atomic E-state index is 11.8. The van der Waals surface area contributed by atoms with E-state index in [1.807, 2.05) is 19.1 Å². The number of halogens is 2. The number of para-hydroxylation sites is 1. The van der Waals surface area contributed by atoms with Gasteiger partial charge in [0.1, 0.15) is 5.75 Å². The number of carbonyl (C=O) groups excluding carboxylic acids is 1. The van der Waals surface area contributed by atoms with Crippen LogP contribution in [-0.2, 0) is 0 Å². The molecule has 1 N–H and O–H groups in total. The van der Waals surface area contributed by atoms with Crippen LogP contribution < -0.4 is 10.1 Å². The number of amides is 1. The minimum atomic E-state index is -0.519. The summed E-state index contributed by atoms with van der Waals surface area (Å²) in [7, 11) is 0. The lowest BCUT2D eigenvalue weighted by molar-refractivity contribution is 0.197. The third kappa shape index (κ3) is 3.89. The van der Waals surface area contributed by atoms with Crippen molar-refractivity contribution in [3.63, 3.8) is 0 Å². The average Bonchev–Trinajstić information content (AvgIpc) is 2.42. The fourth-order valence-corrected chi connectivity index (χ4v) is 1.97. The lowest BCUT2D eigenvalue weighted by Gasteiger charge is -2.14. The molecule has 0 bridgehead atoms. The van der Waals surface area contributed by atoms with Gasteiger partial charge >= 0.3 is 6.09 Å². The lowest BCUT2D eigenvalue weighted by Crippen LogP contribution is -2.29. The zero-order chi connectivity index (χ0) is 14.5. The Hall–Kier alpha value is -1.71. The van der Waals surface area contributed by atoms with Crippen molar-refractivity contribution in [1.29, 1.82) is 0 Å². The molecule has 2 aromatic carbocycles. The quantitative estimate of drug-likeness (QED) is 0.880. The Kier molecular flexibility index (Phi) is 4.88. The summed E-state index contributed by atoms with van der Waals surface area (Å²) in [5, 5.41) is 3.66. The van der Waals surface area contributed by atoms with Crippen molar-refractivity contribution in [2.45, 2.75) is 13.0 Å². The Morgan fingerprint density at radius 3 is 2.45 bits per heavy atom. The van der Waals surface area contributed by atoms with E-state index in [-0.39, 0.29) is 6.04 Å². The molecule has 0 aromatic heterocycles. The smallest absolute Gasteiger partial charge is 0.410 e. The zero-order valence-corrected chi connectivity index (χ0v) is 12.3. The van der Waals surface area contributed by atoms with Gasteiger partial charge in [-0.05, 0) is 36.8 Å². The molecular weight excluding hydrogens is 297 g/mol. The zero-order valence-electron chi connectivity index (χ0n) is 10.8. The van der Waals surface area contributed by atoms with Gasteiger partial charge in [0.05, 0.1) is 16.1 Å². The summed E-state index contributed by atoms with van der Waals surface area (Å²) in [6.07, 6.45) is -0.519. The van der Waals surface area contributed by atoms with E-state index in [9.17, 15) is 4.79 Å². The second kappa shape index (κ2) is 6.64. The van der Waals surface area contributed by atoms with Crippen LogP contribution in [0.3, 0.4) is 0 Å². The van der Waals surface area contributed by atoms with Crippen molar-refractivity contribution < 1.29 is 9.53 Å². The molecule has 0 saturated carbocycles. The van der Waals surface area contributed by atoms with E-state index < -0.39 is 6.09 Å². The van der Waals surface area contributed by atoms with Crippen molar-refractivity contribution in [2.75, 3.05) is 0 Å². The molecule has 2 aromatic rings. The molecule has 1 atom stereocenters. The SMILES string of the molecule is CC(NC(=O)Oc1ccccc1)c1ccc(Cl)c(Cl)c1. The minimum Gasteiger partial charge on any atom is -0.410 e. The van der Waals surface area contributed by atoms with Gasteiger partial charge < -0.3 is 10.1 Å². The van der Waals surface area contributed by atoms with Gasteiger partial charge in [0, 0.05) is 0 Å². The molecule has 0 saturated heterocycles. The molecule has 0 fully saturated rings. The van der Waals surface area contributed by atoms with Crippen molar-refractivity contribution in [3.05, 3.63) is 64.1 Å². The topological polar surface area (TPSA) is 38.3 Å². The highest BCUT2D eigenvalue weighted by atomic mass is 35.5. The van der Waals surface area contributed by atoms with Crippen LogP contribution >= 0.6 is 23.2 Å². The highest BCUT2D eigenvalue weighted by Gasteiger charge is 2.12. The molecule has 0 aliphatic heterocycles. The number of nitrogens with one attached hydrogen (secondary N) is 1. The highest BCUT2D eigenvalue weighted by molar-refractivity contribution is 6.42. The molecule has 0 aliphatic carbocycles. The first kappa shape index (κ1) is 14.7. The van der Waals surface area contributed by atoms with E-state index in [1.54, 1.807) is 36.4 Å². The average molecular weight is 310 g/mol. The molecule has 1 amide bonds. The van der Waals surface area contributed by atoms with Crippen molar-refractivity contribution in [1.82, 2.24) is 5.32 Å². The largest absolute Gasteiger partial charge is 0.413 e. The molecule has 0 spiro atoms. The standard InChI is InChI=1S/C15H13Cl2NO2/c1-10(11-7-8-13(16)14(17)9-11)18-15(19)20-12-5-3-2-4-6-12/h2-10H,1H3,(H,18,19). The van der Waals surface area contributed by atoms with Crippen LogP contribution in [0.1, 0.15) is 18.5 Å². The highest BCUT2D eigenvalue weighted by Crippen LogP contribution is 2.25. The fourth-order valence-electron chi connectivity index (χ4n) is 1.67. The Bertz CT molecular complexity index is 602. The number of hydrogen-bond donors (Lipinski definition) is 1. The third-order valence-electron chi connectivity index (χ3n) is 2.73. The van der Waals surface area contributed by atoms with Gasteiger partial charge in [0.15, 0.2) is 0 Å². The summed E-state index contributed by atoms with van der Waals surface area (Å²) in [5.74, 6) is 0.492. The first-order valence-corrected chi connectivity index (χ1v) is 6.80. The minimum absolute atomic E-state index is 0.235. The van der Waals surface area contributed by atoms with Crippen LogP contribution in [0.5, 0.6) is 5.75 Å². The number of carbonyl (C=O) groups is 1. The van der Waals surface area contributed by atoms with Crippen LogP contribution in [0.25, 0.3) is 0 Å². The van der Waals surface area contributed by atoms with Gasteiger partial charge in [-0.3, -0.25) is 0 Å². The molecule has 0 aliphatic rings. The summed E-state index contributed by atoms with van der Waals surface area (Å²) in [6.45, 7) is 1.84. The lowest BCUT2D eigenvalue weighted by atomic mass is 10.1. The van der Waals surface area contributed by atoms with E-state index in [1.165, 1.54) is 0 Å². The third-order valence-corrected chi connectivity index (χ3v) is 3.47. The van der Waals surface area contributed by atoms with E-state index >= 15 is 0 Å². The van der Waals surface area contributed by atoms with Crippen molar-refractivity contribution in [2.24, 2.45) is 0 Å². The summed E-state index contributed by atoms with van der Waals surface area (Å²) in [4.78, 5) is 11.8. The first-order chi connectivity index (χ1) is 9.56. The molecule has 2 rings (SSSR count). The second-order valence-electron chi connectivity index (χ2n) is 4.24. The van der Waals surface area contributed by atoms with Gasteiger partial charge in [-0.25, -0.2) is 4.79 Å². The molecule has 0 radical (unpaired) electrons. The number of ether oxygens (including phenoxy) is 1. The van der Waals surface area contributed by atoms with Crippen LogP contribution in [0.2, 0.25) is 10.0 Å². The Morgan fingerprint density at radius 2 is 1.80 bits per heavy atom. The Morgan fingerprint density at radius 1 is 1.10 bits per heavy atom. The van der Waals surface area contributed by atoms with E-state index in [0.29, 0.717) is 15.8 Å². The van der Waals surface area contributed by atoms with Gasteiger partial charge in [-0.1, -0.05) is 47.5 Å². The Labute approximate surface area is 127 Å². The second-order valence-corrected chi connectivity index (χ2v) is 5.06. The molecule has 104 valence electrons. The monoisotopic (exact) mass is 309 g/mol. The van der Waals surface area contributed by atoms with Crippen LogP contribution in [0.4, 0.5) is 4.79 Å². The first-order valence-electron chi connectivity index (χ1n) is 6.04. The Balaban J connectivity index is 1.98. The van der Waals surface area contributed by atoms with Crippen LogP contribution in [0, 0.1) is 0 Å². The number of benzene rings is 2. The van der Waals surface area contributed by atoms with Crippen molar-refractivity contribution >= 4 is 29.3 Å². The van der Waals surface area contributed by atoms with E-state index in [4.69, 9.17) is 27.9 Å². The summed E-state index contributed by atoms with van der Waals surface area (Å²) in [5.41, 5.74) is 0.851. The maximum absolute atomic E-state index is 11.8. The normalized spacial score (nSPS) is 11.8. The maximum Gasteiger partial charge on any atom is 0.413 e. The number of hydrogen-bond acceptors (Lipinski definition) is 2. The van der Waals surface area contributed by atoms with Gasteiger partial charge in [-0.15, -0.1) is 0 Å². The van der Waals surface area contributed by atoms with E-state index in [2.05, 4.69) is 5.32 Å². The molecule has 3 nitrogen and oxygen atoms in total. The summed E-state index contributed by atoms with van der Waals surface area (Å²) < 4.78 is 5.15. The van der Waals surface area contributed by atoms with E-state index in [0.717, 1.165) is 5.56 Å². The number of rotatable bonds is 3. The summed E-state index contributed by atoms with van der Waals surface area (Å²) in [6, 6.07) is 13.9. The predicted molar refractivity (Wildman–Crippen MR) is 80.5 cm³/mol.